The van der Waals surface area contributed by atoms with Gasteiger partial charge in [-0.1, -0.05) is 36.0 Å². The van der Waals surface area contributed by atoms with Crippen molar-refractivity contribution in [2.45, 2.75) is 25.7 Å². The molecule has 0 bridgehead atoms. The lowest BCUT2D eigenvalue weighted by atomic mass is 9.90. The van der Waals surface area contributed by atoms with Gasteiger partial charge in [0.2, 0.25) is 0 Å². The molecule has 0 aliphatic heterocycles. The number of ether oxygens (including phenoxy) is 1. The van der Waals surface area contributed by atoms with E-state index in [2.05, 4.69) is 12.6 Å². The van der Waals surface area contributed by atoms with E-state index in [4.69, 9.17) is 27.9 Å². The summed E-state index contributed by atoms with van der Waals surface area (Å²) in [7, 11) is 0. The molecule has 4 nitrogen and oxygen atoms in total. The highest BCUT2D eigenvalue weighted by Gasteiger charge is 2.34. The number of halogens is 2. The van der Waals surface area contributed by atoms with Crippen LogP contribution in [0.4, 0.5) is 5.69 Å². The second kappa shape index (κ2) is 6.41. The third-order valence-corrected chi connectivity index (χ3v) is 5.13. The molecule has 1 aromatic carbocycles. The fourth-order valence-corrected chi connectivity index (χ4v) is 3.20. The number of benzene rings is 1. The number of hydrogen-bond donors (Lipinski definition) is 1. The molecule has 0 amide bonds. The third-order valence-electron chi connectivity index (χ3n) is 3.73. The molecule has 110 valence electrons. The maximum Gasteiger partial charge on any atom is 0.312 e. The van der Waals surface area contributed by atoms with Gasteiger partial charge in [0, 0.05) is 17.5 Å². The summed E-state index contributed by atoms with van der Waals surface area (Å²) in [6.07, 6.45) is 4.36. The Morgan fingerprint density at radius 1 is 1.30 bits per heavy atom. The Bertz CT molecular complexity index is 519. The van der Waals surface area contributed by atoms with Crippen LogP contribution in [0.15, 0.2) is 12.1 Å². The molecule has 0 saturated heterocycles. The second-order valence-corrected chi connectivity index (χ2v) is 6.28. The maximum atomic E-state index is 11.0. The Morgan fingerprint density at radius 3 is 2.45 bits per heavy atom. The van der Waals surface area contributed by atoms with Gasteiger partial charge in [0.1, 0.15) is 0 Å². The van der Waals surface area contributed by atoms with Crippen LogP contribution in [-0.2, 0) is 0 Å². The number of thiol groups is 1. The van der Waals surface area contributed by atoms with E-state index in [0.29, 0.717) is 12.4 Å². The average Bonchev–Trinajstić information content (AvgIpc) is 2.89. The fourth-order valence-electron chi connectivity index (χ4n) is 2.48. The number of nitro benzene ring substituents is 1. The summed E-state index contributed by atoms with van der Waals surface area (Å²) in [5, 5.41) is 11.4. The van der Waals surface area contributed by atoms with E-state index in [1.54, 1.807) is 0 Å². The summed E-state index contributed by atoms with van der Waals surface area (Å²) in [6.45, 7) is 0.412. The van der Waals surface area contributed by atoms with Crippen LogP contribution in [0, 0.1) is 15.5 Å². The van der Waals surface area contributed by atoms with Crippen molar-refractivity contribution in [3.8, 4) is 5.75 Å². The summed E-state index contributed by atoms with van der Waals surface area (Å²) in [4.78, 5) is 10.5. The average molecular weight is 336 g/mol. The molecule has 20 heavy (non-hydrogen) atoms. The van der Waals surface area contributed by atoms with Gasteiger partial charge >= 0.3 is 5.69 Å². The van der Waals surface area contributed by atoms with Crippen molar-refractivity contribution in [3.05, 3.63) is 32.3 Å². The van der Waals surface area contributed by atoms with Crippen molar-refractivity contribution in [2.75, 3.05) is 12.4 Å². The Kier molecular flexibility index (Phi) is 5.04. The van der Waals surface area contributed by atoms with Gasteiger partial charge in [-0.05, 0) is 18.6 Å². The van der Waals surface area contributed by atoms with E-state index < -0.39 is 4.92 Å². The summed E-state index contributed by atoms with van der Waals surface area (Å²) in [5.41, 5.74) is -0.157. The maximum absolute atomic E-state index is 11.0. The minimum atomic E-state index is -0.514. The van der Waals surface area contributed by atoms with Gasteiger partial charge in [-0.25, -0.2) is 0 Å². The number of nitrogens with zero attached hydrogens (tertiary/aromatic N) is 1. The highest BCUT2D eigenvalue weighted by atomic mass is 35.5. The SMILES string of the molecule is O=[N+]([O-])c1cc(Cl)c(Cl)cc1OCC1(CS)CCCC1. The third kappa shape index (κ3) is 3.32. The largest absolute Gasteiger partial charge is 0.486 e. The van der Waals surface area contributed by atoms with Crippen molar-refractivity contribution in [3.63, 3.8) is 0 Å². The Balaban J connectivity index is 2.20. The van der Waals surface area contributed by atoms with E-state index in [9.17, 15) is 10.1 Å². The first kappa shape index (κ1) is 15.7. The molecule has 0 aromatic heterocycles. The first-order chi connectivity index (χ1) is 9.47. The predicted octanol–water partition coefficient (Wildman–Crippen LogP) is 4.77. The molecule has 0 atom stereocenters. The molecule has 1 saturated carbocycles. The molecule has 0 radical (unpaired) electrons. The monoisotopic (exact) mass is 335 g/mol. The lowest BCUT2D eigenvalue weighted by Gasteiger charge is -2.26. The van der Waals surface area contributed by atoms with Crippen LogP contribution in [0.2, 0.25) is 10.0 Å². The lowest BCUT2D eigenvalue weighted by Crippen LogP contribution is -2.27. The van der Waals surface area contributed by atoms with Crippen molar-refractivity contribution >= 4 is 41.5 Å². The van der Waals surface area contributed by atoms with Crippen molar-refractivity contribution in [1.82, 2.24) is 0 Å². The molecule has 0 unspecified atom stereocenters. The van der Waals surface area contributed by atoms with Crippen molar-refractivity contribution in [1.29, 1.82) is 0 Å². The molecule has 0 heterocycles. The van der Waals surface area contributed by atoms with E-state index >= 15 is 0 Å². The molecular weight excluding hydrogens is 321 g/mol. The second-order valence-electron chi connectivity index (χ2n) is 5.15. The van der Waals surface area contributed by atoms with E-state index in [0.717, 1.165) is 25.7 Å². The van der Waals surface area contributed by atoms with Gasteiger partial charge in [0.05, 0.1) is 21.6 Å². The summed E-state index contributed by atoms with van der Waals surface area (Å²) < 4.78 is 5.68. The Labute approximate surface area is 133 Å². The molecule has 1 aliphatic carbocycles. The standard InChI is InChI=1S/C13H15Cl2NO3S/c14-9-5-11(16(17)18)12(6-10(9)15)19-7-13(8-20)3-1-2-4-13/h5-6,20H,1-4,7-8H2. The van der Waals surface area contributed by atoms with Gasteiger partial charge < -0.3 is 4.74 Å². The van der Waals surface area contributed by atoms with Crippen molar-refractivity contribution < 1.29 is 9.66 Å². The molecule has 1 fully saturated rings. The molecule has 0 spiro atoms. The van der Waals surface area contributed by atoms with E-state index in [1.165, 1.54) is 12.1 Å². The van der Waals surface area contributed by atoms with Crippen LogP contribution in [0.1, 0.15) is 25.7 Å². The first-order valence-electron chi connectivity index (χ1n) is 6.34. The molecule has 0 N–H and O–H groups in total. The molecule has 7 heteroatoms. The Hall–Kier alpha value is -0.650. The number of nitro groups is 1. The highest BCUT2D eigenvalue weighted by Crippen LogP contribution is 2.41. The number of hydrogen-bond acceptors (Lipinski definition) is 4. The van der Waals surface area contributed by atoms with Crippen LogP contribution < -0.4 is 4.74 Å². The smallest absolute Gasteiger partial charge is 0.312 e. The molecule has 1 aromatic rings. The van der Waals surface area contributed by atoms with Crippen LogP contribution in [0.25, 0.3) is 0 Å². The zero-order valence-corrected chi connectivity index (χ0v) is 13.2. The highest BCUT2D eigenvalue weighted by molar-refractivity contribution is 7.80. The first-order valence-corrected chi connectivity index (χ1v) is 7.73. The van der Waals surface area contributed by atoms with E-state index in [1.807, 2.05) is 0 Å². The fraction of sp³-hybridized carbons (Fsp3) is 0.538. The van der Waals surface area contributed by atoms with Crippen LogP contribution in [-0.4, -0.2) is 17.3 Å². The van der Waals surface area contributed by atoms with Crippen molar-refractivity contribution in [2.24, 2.45) is 5.41 Å². The van der Waals surface area contributed by atoms with Crippen LogP contribution in [0.3, 0.4) is 0 Å². The minimum absolute atomic E-state index is 0.00307. The lowest BCUT2D eigenvalue weighted by molar-refractivity contribution is -0.385. The summed E-state index contributed by atoms with van der Waals surface area (Å²) in [5.74, 6) is 0.875. The van der Waals surface area contributed by atoms with Crippen LogP contribution >= 0.6 is 35.8 Å². The topological polar surface area (TPSA) is 52.4 Å². The normalized spacial score (nSPS) is 17.1. The van der Waals surface area contributed by atoms with Gasteiger partial charge in [0.15, 0.2) is 5.75 Å². The molecule has 1 aliphatic rings. The number of rotatable bonds is 5. The zero-order chi connectivity index (χ0) is 14.8. The van der Waals surface area contributed by atoms with Gasteiger partial charge in [-0.15, -0.1) is 0 Å². The molecular formula is C13H15Cl2NO3S. The summed E-state index contributed by atoms with van der Waals surface area (Å²) in [6, 6.07) is 2.63. The quantitative estimate of drug-likeness (QED) is 0.479. The molecule has 2 rings (SSSR count). The summed E-state index contributed by atoms with van der Waals surface area (Å²) >= 11 is 16.1. The van der Waals surface area contributed by atoms with Crippen LogP contribution in [0.5, 0.6) is 5.75 Å². The predicted molar refractivity (Wildman–Crippen MR) is 83.4 cm³/mol. The van der Waals surface area contributed by atoms with Gasteiger partial charge in [0.25, 0.3) is 0 Å². The zero-order valence-electron chi connectivity index (χ0n) is 10.8. The van der Waals surface area contributed by atoms with E-state index in [-0.39, 0.29) is 26.9 Å². The minimum Gasteiger partial charge on any atom is -0.486 e. The van der Waals surface area contributed by atoms with Gasteiger partial charge in [-0.2, -0.15) is 12.6 Å². The Morgan fingerprint density at radius 2 is 1.90 bits per heavy atom. The van der Waals surface area contributed by atoms with Gasteiger partial charge in [-0.3, -0.25) is 10.1 Å².